The summed E-state index contributed by atoms with van der Waals surface area (Å²) in [4.78, 5) is 15.0. The minimum Gasteiger partial charge on any atom is -0.508 e. The Morgan fingerprint density at radius 1 is 1.06 bits per heavy atom. The molecule has 3 aromatic carbocycles. The van der Waals surface area contributed by atoms with Crippen LogP contribution in [0.1, 0.15) is 29.3 Å². The van der Waals surface area contributed by atoms with Crippen LogP contribution in [0.5, 0.6) is 11.5 Å². The fourth-order valence-corrected chi connectivity index (χ4v) is 4.28. The molecule has 1 aromatic heterocycles. The molecule has 6 nitrogen and oxygen atoms in total. The van der Waals surface area contributed by atoms with Gasteiger partial charge in [-0.15, -0.1) is 5.10 Å². The number of rotatable bonds is 2. The fourth-order valence-electron chi connectivity index (χ4n) is 4.28. The van der Waals surface area contributed by atoms with Crippen molar-refractivity contribution in [3.63, 3.8) is 0 Å². The Bertz CT molecular complexity index is 1310. The number of fused-ring (bicyclic) bond motifs is 2. The van der Waals surface area contributed by atoms with E-state index in [-0.39, 0.29) is 29.0 Å². The average Bonchev–Trinajstić information content (AvgIpc) is 2.78. The van der Waals surface area contributed by atoms with Crippen molar-refractivity contribution in [3.8, 4) is 22.8 Å². The molecule has 154 valence electrons. The maximum absolute atomic E-state index is 13.3. The van der Waals surface area contributed by atoms with E-state index in [9.17, 15) is 15.0 Å². The number of phenols is 2. The first-order valence-electron chi connectivity index (χ1n) is 10.2. The van der Waals surface area contributed by atoms with Gasteiger partial charge in [0.05, 0.1) is 11.8 Å². The van der Waals surface area contributed by atoms with Crippen molar-refractivity contribution in [1.29, 1.82) is 0 Å². The molecular weight excluding hydrogens is 390 g/mol. The molecule has 2 heterocycles. The summed E-state index contributed by atoms with van der Waals surface area (Å²) >= 11 is 0. The zero-order valence-electron chi connectivity index (χ0n) is 17.0. The van der Waals surface area contributed by atoms with E-state index in [0.717, 1.165) is 46.1 Å². The van der Waals surface area contributed by atoms with Crippen LogP contribution in [0, 0.1) is 0 Å². The highest BCUT2D eigenvalue weighted by Gasteiger charge is 2.30. The number of carbonyl (C=O) groups excluding carboxylic acids is 1. The van der Waals surface area contributed by atoms with E-state index in [1.165, 1.54) is 18.2 Å². The molecule has 1 unspecified atom stereocenters. The van der Waals surface area contributed by atoms with Gasteiger partial charge in [-0.3, -0.25) is 4.79 Å². The van der Waals surface area contributed by atoms with Gasteiger partial charge < -0.3 is 15.1 Å². The van der Waals surface area contributed by atoms with Crippen molar-refractivity contribution in [2.24, 2.45) is 0 Å². The van der Waals surface area contributed by atoms with Gasteiger partial charge in [-0.1, -0.05) is 30.3 Å². The van der Waals surface area contributed by atoms with Gasteiger partial charge in [-0.05, 0) is 49.6 Å². The molecule has 4 aromatic rings. The maximum atomic E-state index is 13.3. The maximum Gasteiger partial charge on any atom is 0.262 e. The second kappa shape index (κ2) is 7.40. The smallest absolute Gasteiger partial charge is 0.262 e. The number of phenolic OH excluding ortho intramolecular Hbond substituents is 2. The summed E-state index contributed by atoms with van der Waals surface area (Å²) < 4.78 is 0. The number of hydrogen-bond donors (Lipinski definition) is 2. The molecule has 0 saturated heterocycles. The predicted octanol–water partition coefficient (Wildman–Crippen LogP) is 4.69. The molecular formula is C25H21N3O3. The quantitative estimate of drug-likeness (QED) is 0.500. The van der Waals surface area contributed by atoms with Gasteiger partial charge in [0, 0.05) is 34.1 Å². The fraction of sp³-hybridized carbons (Fsp3) is 0.160. The van der Waals surface area contributed by atoms with Crippen LogP contribution in [0.4, 0.5) is 5.69 Å². The molecule has 0 fully saturated rings. The highest BCUT2D eigenvalue weighted by atomic mass is 16.3. The summed E-state index contributed by atoms with van der Waals surface area (Å²) in [6, 6.07) is 18.0. The van der Waals surface area contributed by atoms with Crippen LogP contribution >= 0.6 is 0 Å². The van der Waals surface area contributed by atoms with Crippen molar-refractivity contribution in [3.05, 3.63) is 78.0 Å². The molecule has 0 aliphatic carbocycles. The Hall–Kier alpha value is -3.93. The molecule has 1 atom stereocenters. The second-order valence-corrected chi connectivity index (χ2v) is 7.89. The monoisotopic (exact) mass is 411 g/mol. The molecule has 5 rings (SSSR count). The van der Waals surface area contributed by atoms with Crippen molar-refractivity contribution >= 4 is 22.4 Å². The Kier molecular flexibility index (Phi) is 4.55. The van der Waals surface area contributed by atoms with Crippen molar-refractivity contribution in [2.75, 3.05) is 4.90 Å². The van der Waals surface area contributed by atoms with Crippen molar-refractivity contribution < 1.29 is 15.0 Å². The van der Waals surface area contributed by atoms with Crippen molar-refractivity contribution in [2.45, 2.75) is 25.8 Å². The number of carbonyl (C=O) groups is 1. The summed E-state index contributed by atoms with van der Waals surface area (Å²) in [6.45, 7) is 2.00. The van der Waals surface area contributed by atoms with Gasteiger partial charge in [0.15, 0.2) is 0 Å². The lowest BCUT2D eigenvalue weighted by Gasteiger charge is -2.35. The van der Waals surface area contributed by atoms with Crippen molar-refractivity contribution in [1.82, 2.24) is 10.2 Å². The number of hydrogen-bond acceptors (Lipinski definition) is 5. The first-order chi connectivity index (χ1) is 15.0. The number of aryl methyl sites for hydroxylation is 1. The van der Waals surface area contributed by atoms with Crippen LogP contribution in [-0.4, -0.2) is 32.4 Å². The predicted molar refractivity (Wildman–Crippen MR) is 119 cm³/mol. The van der Waals surface area contributed by atoms with Gasteiger partial charge in [-0.2, -0.15) is 5.10 Å². The van der Waals surface area contributed by atoms with Crippen LogP contribution < -0.4 is 4.90 Å². The van der Waals surface area contributed by atoms with E-state index in [4.69, 9.17) is 0 Å². The van der Waals surface area contributed by atoms with Gasteiger partial charge >= 0.3 is 0 Å². The summed E-state index contributed by atoms with van der Waals surface area (Å²) in [5, 5.41) is 30.3. The molecule has 0 saturated carbocycles. The van der Waals surface area contributed by atoms with Gasteiger partial charge in [0.1, 0.15) is 17.2 Å². The first kappa shape index (κ1) is 19.1. The topological polar surface area (TPSA) is 86.6 Å². The normalized spacial score (nSPS) is 15.6. The van der Waals surface area contributed by atoms with Crippen LogP contribution in [0.25, 0.3) is 22.0 Å². The average molecular weight is 411 g/mol. The molecule has 0 spiro atoms. The lowest BCUT2D eigenvalue weighted by Crippen LogP contribution is -2.42. The second-order valence-electron chi connectivity index (χ2n) is 7.89. The molecule has 6 heteroatoms. The standard InChI is InChI=1S/C25H21N3O3/c1-15-6-7-16-12-17(24-20-5-3-2-4-18(20)14-26-27-24)8-11-22(16)28(15)25(31)21-10-9-19(29)13-23(21)30/h2-5,8-15,29-30H,6-7H2,1H3. The minimum absolute atomic E-state index is 0.0172. The lowest BCUT2D eigenvalue weighted by molar-refractivity contribution is 0.0972. The van der Waals surface area contributed by atoms with E-state index in [1.54, 1.807) is 11.1 Å². The van der Waals surface area contributed by atoms with Gasteiger partial charge in [-0.25, -0.2) is 0 Å². The van der Waals surface area contributed by atoms with E-state index >= 15 is 0 Å². The number of nitrogens with zero attached hydrogens (tertiary/aromatic N) is 3. The molecule has 2 N–H and O–H groups in total. The third kappa shape index (κ3) is 3.26. The number of anilines is 1. The van der Waals surface area contributed by atoms with Crippen LogP contribution in [0.15, 0.2) is 66.9 Å². The first-order valence-corrected chi connectivity index (χ1v) is 10.2. The molecule has 1 amide bonds. The molecule has 31 heavy (non-hydrogen) atoms. The van der Waals surface area contributed by atoms with E-state index in [2.05, 4.69) is 16.3 Å². The third-order valence-electron chi connectivity index (χ3n) is 5.89. The lowest BCUT2D eigenvalue weighted by atomic mass is 9.92. The van der Waals surface area contributed by atoms with Gasteiger partial charge in [0.25, 0.3) is 5.91 Å². The summed E-state index contributed by atoms with van der Waals surface area (Å²) in [5.74, 6) is -0.599. The summed E-state index contributed by atoms with van der Waals surface area (Å²) in [5.41, 5.74) is 3.82. The van der Waals surface area contributed by atoms with Crippen LogP contribution in [0.3, 0.4) is 0 Å². The Labute approximate surface area is 179 Å². The summed E-state index contributed by atoms with van der Waals surface area (Å²) in [6.07, 6.45) is 3.40. The molecule has 1 aliphatic rings. The zero-order valence-corrected chi connectivity index (χ0v) is 17.0. The largest absolute Gasteiger partial charge is 0.508 e. The molecule has 1 aliphatic heterocycles. The Morgan fingerprint density at radius 2 is 1.90 bits per heavy atom. The number of amides is 1. The SMILES string of the molecule is CC1CCc2cc(-c3nncc4ccccc34)ccc2N1C(=O)c1ccc(O)cc1O. The molecule has 0 bridgehead atoms. The number of benzene rings is 3. The Morgan fingerprint density at radius 3 is 2.74 bits per heavy atom. The van der Waals surface area contributed by atoms with E-state index in [1.807, 2.05) is 43.3 Å². The minimum atomic E-state index is -0.288. The highest BCUT2D eigenvalue weighted by molar-refractivity contribution is 6.09. The molecule has 0 radical (unpaired) electrons. The number of aromatic nitrogens is 2. The van der Waals surface area contributed by atoms with Crippen LogP contribution in [-0.2, 0) is 6.42 Å². The van der Waals surface area contributed by atoms with Gasteiger partial charge in [0.2, 0.25) is 0 Å². The number of aromatic hydroxyl groups is 2. The summed E-state index contributed by atoms with van der Waals surface area (Å²) in [7, 11) is 0. The highest BCUT2D eigenvalue weighted by Crippen LogP contribution is 2.37. The van der Waals surface area contributed by atoms with E-state index in [0.29, 0.717) is 0 Å². The zero-order chi connectivity index (χ0) is 21.5. The Balaban J connectivity index is 1.58. The third-order valence-corrected chi connectivity index (χ3v) is 5.89. The van der Waals surface area contributed by atoms with Crippen LogP contribution in [0.2, 0.25) is 0 Å². The van der Waals surface area contributed by atoms with E-state index < -0.39 is 0 Å².